The van der Waals surface area contributed by atoms with Crippen molar-refractivity contribution < 1.29 is 23.5 Å². The van der Waals surface area contributed by atoms with Crippen LogP contribution in [0.2, 0.25) is 0 Å². The van der Waals surface area contributed by atoms with Gasteiger partial charge in [-0.15, -0.1) is 0 Å². The molecule has 0 unspecified atom stereocenters. The molecule has 3 aromatic rings. The number of rotatable bonds is 6. The van der Waals surface area contributed by atoms with Gasteiger partial charge in [-0.1, -0.05) is 30.3 Å². The van der Waals surface area contributed by atoms with E-state index < -0.39 is 0 Å². The van der Waals surface area contributed by atoms with Gasteiger partial charge in [0.05, 0.1) is 6.61 Å². The maximum atomic E-state index is 14.1. The molecular weight excluding hydrogens is 411 g/mol. The number of carbonyl (C=O) groups is 2. The van der Waals surface area contributed by atoms with Crippen LogP contribution in [0.25, 0.3) is 10.9 Å². The quantitative estimate of drug-likeness (QED) is 0.533. The lowest BCUT2D eigenvalue weighted by atomic mass is 9.90. The highest BCUT2D eigenvalue weighted by Crippen LogP contribution is 2.34. The van der Waals surface area contributed by atoms with E-state index in [0.29, 0.717) is 19.4 Å². The molecular formula is C25H27FN2O4. The number of hydrogen-bond donors (Lipinski definition) is 0. The van der Waals surface area contributed by atoms with E-state index in [0.717, 1.165) is 34.1 Å². The average molecular weight is 438 g/mol. The SMILES string of the molecule is CCOC(=O)Cn1c2c(c3cc(F)ccc31)C[C@@H](N(C)C(=O)OCc1ccccc1)CC2. The number of fused-ring (bicyclic) bond motifs is 3. The minimum atomic E-state index is -0.385. The lowest BCUT2D eigenvalue weighted by Gasteiger charge is -2.31. The van der Waals surface area contributed by atoms with Gasteiger partial charge >= 0.3 is 12.1 Å². The van der Waals surface area contributed by atoms with Gasteiger partial charge in [-0.05, 0) is 55.5 Å². The standard InChI is InChI=1S/C25H27FN2O4/c1-3-31-24(29)15-28-22-11-9-18(26)13-20(22)21-14-19(10-12-23(21)28)27(2)25(30)32-16-17-7-5-4-6-8-17/h4-9,11,13,19H,3,10,12,14-16H2,1-2H3/t19-/m0/s1. The van der Waals surface area contributed by atoms with Crippen molar-refractivity contribution in [2.24, 2.45) is 0 Å². The second-order valence-electron chi connectivity index (χ2n) is 8.03. The lowest BCUT2D eigenvalue weighted by molar-refractivity contribution is -0.143. The van der Waals surface area contributed by atoms with Crippen molar-refractivity contribution in [2.75, 3.05) is 13.7 Å². The highest BCUT2D eigenvalue weighted by atomic mass is 19.1. The normalized spacial score (nSPS) is 15.3. The molecule has 1 heterocycles. The molecule has 4 rings (SSSR count). The lowest BCUT2D eigenvalue weighted by Crippen LogP contribution is -2.41. The Morgan fingerprint density at radius 3 is 2.69 bits per heavy atom. The highest BCUT2D eigenvalue weighted by molar-refractivity contribution is 5.87. The van der Waals surface area contributed by atoms with Gasteiger partial charge in [0.1, 0.15) is 19.0 Å². The molecule has 1 amide bonds. The van der Waals surface area contributed by atoms with E-state index >= 15 is 0 Å². The van der Waals surface area contributed by atoms with E-state index in [-0.39, 0.29) is 37.1 Å². The van der Waals surface area contributed by atoms with E-state index in [9.17, 15) is 14.0 Å². The third kappa shape index (κ3) is 4.47. The van der Waals surface area contributed by atoms with Gasteiger partial charge in [0.25, 0.3) is 0 Å². The van der Waals surface area contributed by atoms with Crippen LogP contribution < -0.4 is 0 Å². The van der Waals surface area contributed by atoms with Crippen LogP contribution in [0.1, 0.15) is 30.2 Å². The van der Waals surface area contributed by atoms with Crippen LogP contribution in [-0.4, -0.2) is 41.2 Å². The number of amides is 1. The summed E-state index contributed by atoms with van der Waals surface area (Å²) in [5.74, 6) is -0.647. The Hall–Kier alpha value is -3.35. The fourth-order valence-corrected chi connectivity index (χ4v) is 4.42. The third-order valence-corrected chi connectivity index (χ3v) is 6.04. The van der Waals surface area contributed by atoms with Crippen LogP contribution in [0.15, 0.2) is 48.5 Å². The number of hydrogen-bond acceptors (Lipinski definition) is 4. The maximum absolute atomic E-state index is 14.1. The summed E-state index contributed by atoms with van der Waals surface area (Å²) < 4.78 is 26.6. The summed E-state index contributed by atoms with van der Waals surface area (Å²) >= 11 is 0. The minimum absolute atomic E-state index is 0.0734. The first kappa shape index (κ1) is 21.9. The molecule has 0 radical (unpaired) electrons. The van der Waals surface area contributed by atoms with Crippen LogP contribution in [0.4, 0.5) is 9.18 Å². The van der Waals surface area contributed by atoms with Gasteiger partial charge in [-0.2, -0.15) is 0 Å². The first-order valence-corrected chi connectivity index (χ1v) is 10.9. The fraction of sp³-hybridized carbons (Fsp3) is 0.360. The van der Waals surface area contributed by atoms with Crippen LogP contribution in [0.5, 0.6) is 0 Å². The van der Waals surface area contributed by atoms with Crippen LogP contribution in [0.3, 0.4) is 0 Å². The molecule has 0 N–H and O–H groups in total. The van der Waals surface area contributed by atoms with Crippen molar-refractivity contribution in [2.45, 2.75) is 45.4 Å². The number of benzene rings is 2. The number of nitrogens with zero attached hydrogens (tertiary/aromatic N) is 2. The molecule has 1 atom stereocenters. The molecule has 168 valence electrons. The Morgan fingerprint density at radius 1 is 1.16 bits per heavy atom. The maximum Gasteiger partial charge on any atom is 0.410 e. The molecule has 7 heteroatoms. The van der Waals surface area contributed by atoms with Crippen molar-refractivity contribution >= 4 is 23.0 Å². The summed E-state index contributed by atoms with van der Waals surface area (Å²) in [6.45, 7) is 2.39. The zero-order valence-electron chi connectivity index (χ0n) is 18.3. The van der Waals surface area contributed by atoms with Gasteiger partial charge in [0, 0.05) is 29.7 Å². The van der Waals surface area contributed by atoms with Gasteiger partial charge < -0.3 is 18.9 Å². The second-order valence-corrected chi connectivity index (χ2v) is 8.03. The van der Waals surface area contributed by atoms with E-state index in [4.69, 9.17) is 9.47 Å². The Morgan fingerprint density at radius 2 is 1.94 bits per heavy atom. The van der Waals surface area contributed by atoms with Gasteiger partial charge in [0.15, 0.2) is 0 Å². The Balaban J connectivity index is 1.54. The van der Waals surface area contributed by atoms with Crippen LogP contribution in [0, 0.1) is 5.82 Å². The largest absolute Gasteiger partial charge is 0.465 e. The molecule has 0 spiro atoms. The summed E-state index contributed by atoms with van der Waals surface area (Å²) in [5.41, 5.74) is 3.71. The van der Waals surface area contributed by atoms with Crippen molar-refractivity contribution in [1.82, 2.24) is 9.47 Å². The topological polar surface area (TPSA) is 60.8 Å². The molecule has 0 bridgehead atoms. The van der Waals surface area contributed by atoms with Gasteiger partial charge in [0.2, 0.25) is 0 Å². The third-order valence-electron chi connectivity index (χ3n) is 6.04. The van der Waals surface area contributed by atoms with E-state index in [2.05, 4.69) is 0 Å². The fourth-order valence-electron chi connectivity index (χ4n) is 4.42. The predicted octanol–water partition coefficient (Wildman–Crippen LogP) is 4.47. The zero-order chi connectivity index (χ0) is 22.7. The van der Waals surface area contributed by atoms with E-state index in [1.807, 2.05) is 34.9 Å². The summed E-state index contributed by atoms with van der Waals surface area (Å²) in [5, 5.41) is 0.778. The molecule has 1 aliphatic carbocycles. The summed E-state index contributed by atoms with van der Waals surface area (Å²) in [7, 11) is 1.74. The van der Waals surface area contributed by atoms with Gasteiger partial charge in [-0.3, -0.25) is 4.79 Å². The number of carbonyl (C=O) groups excluding carboxylic acids is 2. The highest BCUT2D eigenvalue weighted by Gasteiger charge is 2.30. The molecule has 0 fully saturated rings. The Kier molecular flexibility index (Phi) is 6.44. The van der Waals surface area contributed by atoms with Crippen LogP contribution in [-0.2, 0) is 40.3 Å². The van der Waals surface area contributed by atoms with Crippen molar-refractivity contribution in [1.29, 1.82) is 0 Å². The Bertz CT molecular complexity index is 1130. The molecule has 1 aliphatic rings. The Labute approximate surface area is 186 Å². The van der Waals surface area contributed by atoms with Gasteiger partial charge in [-0.25, -0.2) is 9.18 Å². The molecule has 32 heavy (non-hydrogen) atoms. The van der Waals surface area contributed by atoms with Crippen molar-refractivity contribution in [3.05, 3.63) is 71.2 Å². The summed E-state index contributed by atoms with van der Waals surface area (Å²) in [6.07, 6.45) is 1.59. The predicted molar refractivity (Wildman–Crippen MR) is 119 cm³/mol. The molecule has 0 saturated carbocycles. The molecule has 1 aromatic heterocycles. The summed E-state index contributed by atoms with van der Waals surface area (Å²) in [6, 6.07) is 14.1. The summed E-state index contributed by atoms with van der Waals surface area (Å²) in [4.78, 5) is 26.4. The number of aromatic nitrogens is 1. The van der Waals surface area contributed by atoms with E-state index in [1.54, 1.807) is 24.9 Å². The van der Waals surface area contributed by atoms with Crippen LogP contribution >= 0.6 is 0 Å². The molecule has 6 nitrogen and oxygen atoms in total. The first-order valence-electron chi connectivity index (χ1n) is 10.9. The first-order chi connectivity index (χ1) is 15.5. The van der Waals surface area contributed by atoms with Crippen molar-refractivity contribution in [3.8, 4) is 0 Å². The average Bonchev–Trinajstić information content (AvgIpc) is 3.09. The number of halogens is 1. The number of likely N-dealkylation sites (N-methyl/N-ethyl adjacent to an activating group) is 1. The second kappa shape index (κ2) is 9.42. The molecule has 0 aliphatic heterocycles. The monoisotopic (exact) mass is 438 g/mol. The zero-order valence-corrected chi connectivity index (χ0v) is 18.3. The van der Waals surface area contributed by atoms with E-state index in [1.165, 1.54) is 12.1 Å². The van der Waals surface area contributed by atoms with Crippen molar-refractivity contribution in [3.63, 3.8) is 0 Å². The molecule has 0 saturated heterocycles. The number of esters is 1. The minimum Gasteiger partial charge on any atom is -0.465 e. The number of ether oxygens (including phenoxy) is 2. The molecule has 2 aromatic carbocycles. The smallest absolute Gasteiger partial charge is 0.410 e.